The SMILES string of the molecule is CC1(C)C(n2c(CCCl)nc3cc(I)ccc32)C1(C)C. The van der Waals surface area contributed by atoms with Crippen LogP contribution in [0.1, 0.15) is 39.6 Å². The number of benzene rings is 1. The molecule has 108 valence electrons. The molecule has 1 aliphatic carbocycles. The lowest BCUT2D eigenvalue weighted by molar-refractivity contribution is 0.457. The first-order valence-electron chi connectivity index (χ1n) is 7.03. The number of aryl methyl sites for hydroxylation is 1. The number of hydrogen-bond acceptors (Lipinski definition) is 1. The van der Waals surface area contributed by atoms with Crippen LogP contribution in [0.2, 0.25) is 0 Å². The Morgan fingerprint density at radius 3 is 2.45 bits per heavy atom. The average Bonchev–Trinajstić information content (AvgIpc) is 2.64. The fraction of sp³-hybridized carbons (Fsp3) is 0.562. The third-order valence-corrected chi connectivity index (χ3v) is 6.11. The van der Waals surface area contributed by atoms with E-state index < -0.39 is 0 Å². The summed E-state index contributed by atoms with van der Waals surface area (Å²) in [5.41, 5.74) is 2.93. The number of hydrogen-bond donors (Lipinski definition) is 0. The molecular formula is C16H20ClIN2. The summed E-state index contributed by atoms with van der Waals surface area (Å²) in [5.74, 6) is 1.74. The van der Waals surface area contributed by atoms with Gasteiger partial charge in [0.25, 0.3) is 0 Å². The van der Waals surface area contributed by atoms with Gasteiger partial charge in [-0.2, -0.15) is 0 Å². The highest BCUT2D eigenvalue weighted by Gasteiger charge is 2.66. The van der Waals surface area contributed by atoms with Gasteiger partial charge in [-0.15, -0.1) is 11.6 Å². The molecule has 0 radical (unpaired) electrons. The molecule has 1 aromatic heterocycles. The molecule has 0 aliphatic heterocycles. The molecule has 0 amide bonds. The molecule has 1 heterocycles. The van der Waals surface area contributed by atoms with Crippen molar-refractivity contribution in [3.05, 3.63) is 27.6 Å². The predicted molar refractivity (Wildman–Crippen MR) is 93.5 cm³/mol. The molecule has 0 unspecified atom stereocenters. The van der Waals surface area contributed by atoms with Crippen molar-refractivity contribution >= 4 is 45.2 Å². The number of rotatable bonds is 3. The van der Waals surface area contributed by atoms with Crippen molar-refractivity contribution in [2.75, 3.05) is 5.88 Å². The molecule has 3 rings (SSSR count). The molecule has 2 nitrogen and oxygen atoms in total. The van der Waals surface area contributed by atoms with Gasteiger partial charge in [0.15, 0.2) is 0 Å². The van der Waals surface area contributed by atoms with E-state index in [1.807, 2.05) is 0 Å². The van der Waals surface area contributed by atoms with Crippen LogP contribution in [0.4, 0.5) is 0 Å². The zero-order valence-electron chi connectivity index (χ0n) is 12.4. The summed E-state index contributed by atoms with van der Waals surface area (Å²) in [6.45, 7) is 9.39. The van der Waals surface area contributed by atoms with E-state index in [4.69, 9.17) is 16.6 Å². The summed E-state index contributed by atoms with van der Waals surface area (Å²) in [6.07, 6.45) is 0.829. The normalized spacial score (nSPS) is 20.5. The minimum Gasteiger partial charge on any atom is -0.324 e. The lowest BCUT2D eigenvalue weighted by atomic mass is 10.0. The van der Waals surface area contributed by atoms with Gasteiger partial charge in [-0.05, 0) is 51.6 Å². The van der Waals surface area contributed by atoms with Crippen LogP contribution in [-0.2, 0) is 6.42 Å². The number of aromatic nitrogens is 2. The van der Waals surface area contributed by atoms with Crippen LogP contribution in [0.15, 0.2) is 18.2 Å². The Morgan fingerprint density at radius 2 is 1.90 bits per heavy atom. The maximum Gasteiger partial charge on any atom is 0.111 e. The third kappa shape index (κ3) is 1.92. The summed E-state index contributed by atoms with van der Waals surface area (Å²) in [7, 11) is 0. The molecule has 1 fully saturated rings. The quantitative estimate of drug-likeness (QED) is 0.520. The Kier molecular flexibility index (Phi) is 3.37. The van der Waals surface area contributed by atoms with Crippen molar-refractivity contribution in [2.24, 2.45) is 10.8 Å². The average molecular weight is 403 g/mol. The molecule has 2 aromatic rings. The van der Waals surface area contributed by atoms with E-state index >= 15 is 0 Å². The summed E-state index contributed by atoms with van der Waals surface area (Å²) < 4.78 is 3.67. The molecule has 1 aromatic carbocycles. The van der Waals surface area contributed by atoms with E-state index in [0.29, 0.717) is 22.8 Å². The van der Waals surface area contributed by atoms with E-state index in [1.165, 1.54) is 9.09 Å². The largest absolute Gasteiger partial charge is 0.324 e. The topological polar surface area (TPSA) is 17.8 Å². The van der Waals surface area contributed by atoms with Crippen molar-refractivity contribution in [2.45, 2.75) is 40.2 Å². The summed E-state index contributed by atoms with van der Waals surface area (Å²) >= 11 is 8.32. The van der Waals surface area contributed by atoms with Gasteiger partial charge in [-0.3, -0.25) is 0 Å². The van der Waals surface area contributed by atoms with Crippen molar-refractivity contribution in [1.29, 1.82) is 0 Å². The van der Waals surface area contributed by atoms with Crippen LogP contribution in [0.3, 0.4) is 0 Å². The monoisotopic (exact) mass is 402 g/mol. The molecule has 1 saturated carbocycles. The fourth-order valence-electron chi connectivity index (χ4n) is 3.48. The Labute approximate surface area is 139 Å². The molecule has 4 heteroatoms. The first kappa shape index (κ1) is 14.6. The number of alkyl halides is 1. The van der Waals surface area contributed by atoms with Crippen LogP contribution < -0.4 is 0 Å². The van der Waals surface area contributed by atoms with Gasteiger partial charge in [0.1, 0.15) is 5.82 Å². The zero-order valence-corrected chi connectivity index (χ0v) is 15.3. The highest BCUT2D eigenvalue weighted by atomic mass is 127. The maximum atomic E-state index is 5.98. The van der Waals surface area contributed by atoms with Gasteiger partial charge >= 0.3 is 0 Å². The highest BCUT2D eigenvalue weighted by molar-refractivity contribution is 14.1. The lowest BCUT2D eigenvalue weighted by Gasteiger charge is -2.11. The third-order valence-electron chi connectivity index (χ3n) is 5.25. The Hall–Kier alpha value is -0.290. The van der Waals surface area contributed by atoms with Crippen molar-refractivity contribution in [3.63, 3.8) is 0 Å². The highest BCUT2D eigenvalue weighted by Crippen LogP contribution is 2.72. The molecule has 20 heavy (non-hydrogen) atoms. The van der Waals surface area contributed by atoms with E-state index in [2.05, 4.69) is 73.1 Å². The van der Waals surface area contributed by atoms with E-state index in [9.17, 15) is 0 Å². The van der Waals surface area contributed by atoms with Gasteiger partial charge in [0.05, 0.1) is 11.0 Å². The standard InChI is InChI=1S/C16H20ClIN2/c1-15(2)14(16(15,3)4)20-12-6-5-10(18)9-11(12)19-13(20)7-8-17/h5-6,9,14H,7-8H2,1-4H3. The molecular weight excluding hydrogens is 383 g/mol. The second-order valence-corrected chi connectivity index (χ2v) is 8.44. The van der Waals surface area contributed by atoms with E-state index in [-0.39, 0.29) is 0 Å². The molecule has 0 bridgehead atoms. The lowest BCUT2D eigenvalue weighted by Crippen LogP contribution is -2.07. The molecule has 0 N–H and O–H groups in total. The number of imidazole rings is 1. The maximum absolute atomic E-state index is 5.98. The van der Waals surface area contributed by atoms with Gasteiger partial charge in [0, 0.05) is 21.9 Å². The van der Waals surface area contributed by atoms with E-state index in [1.54, 1.807) is 0 Å². The Bertz CT molecular complexity index is 658. The van der Waals surface area contributed by atoms with Gasteiger partial charge in [-0.25, -0.2) is 4.98 Å². The van der Waals surface area contributed by atoms with Gasteiger partial charge in [-0.1, -0.05) is 27.7 Å². The fourth-order valence-corrected chi connectivity index (χ4v) is 4.12. The number of halogens is 2. The van der Waals surface area contributed by atoms with Gasteiger partial charge in [0.2, 0.25) is 0 Å². The van der Waals surface area contributed by atoms with Crippen LogP contribution in [-0.4, -0.2) is 15.4 Å². The van der Waals surface area contributed by atoms with E-state index in [0.717, 1.165) is 17.8 Å². The molecule has 0 atom stereocenters. The summed E-state index contributed by atoms with van der Waals surface area (Å²) in [5, 5.41) is 0. The van der Waals surface area contributed by atoms with Crippen LogP contribution in [0, 0.1) is 14.4 Å². The van der Waals surface area contributed by atoms with Crippen molar-refractivity contribution in [1.82, 2.24) is 9.55 Å². The van der Waals surface area contributed by atoms with Crippen LogP contribution >= 0.6 is 34.2 Å². The Balaban J connectivity index is 2.21. The minimum atomic E-state index is 0.296. The van der Waals surface area contributed by atoms with Crippen LogP contribution in [0.25, 0.3) is 11.0 Å². The van der Waals surface area contributed by atoms with Crippen LogP contribution in [0.5, 0.6) is 0 Å². The molecule has 0 spiro atoms. The summed E-state index contributed by atoms with van der Waals surface area (Å²) in [4.78, 5) is 4.83. The summed E-state index contributed by atoms with van der Waals surface area (Å²) in [6, 6.07) is 7.02. The Morgan fingerprint density at radius 1 is 1.25 bits per heavy atom. The van der Waals surface area contributed by atoms with Gasteiger partial charge < -0.3 is 4.57 Å². The number of nitrogens with zero attached hydrogens (tertiary/aromatic N) is 2. The first-order valence-corrected chi connectivity index (χ1v) is 8.64. The molecule has 0 saturated heterocycles. The minimum absolute atomic E-state index is 0.296. The second-order valence-electron chi connectivity index (χ2n) is 6.82. The second kappa shape index (κ2) is 4.60. The number of fused-ring (bicyclic) bond motifs is 1. The smallest absolute Gasteiger partial charge is 0.111 e. The first-order chi connectivity index (χ1) is 9.30. The molecule has 1 aliphatic rings. The zero-order chi connectivity index (χ0) is 14.7. The van der Waals surface area contributed by atoms with Crippen molar-refractivity contribution < 1.29 is 0 Å². The predicted octanol–water partition coefficient (Wildman–Crippen LogP) is 5.03. The van der Waals surface area contributed by atoms with Crippen molar-refractivity contribution in [3.8, 4) is 0 Å².